The maximum absolute atomic E-state index is 10.5. The molecule has 0 radical (unpaired) electrons. The Kier molecular flexibility index (Phi) is 16.3. The van der Waals surface area contributed by atoms with Gasteiger partial charge in [-0.2, -0.15) is 8.42 Å². The molecular formula is C19H41NO3S. The van der Waals surface area contributed by atoms with E-state index in [1.165, 1.54) is 70.6 Å². The summed E-state index contributed by atoms with van der Waals surface area (Å²) in [5.41, 5.74) is 0. The van der Waals surface area contributed by atoms with Crippen LogP contribution in [0, 0.1) is 5.92 Å². The second kappa shape index (κ2) is 16.3. The van der Waals surface area contributed by atoms with Crippen LogP contribution in [0.3, 0.4) is 0 Å². The fraction of sp³-hybridized carbons (Fsp3) is 1.00. The van der Waals surface area contributed by atoms with Crippen molar-refractivity contribution in [1.29, 1.82) is 0 Å². The Hall–Kier alpha value is -0.130. The van der Waals surface area contributed by atoms with Gasteiger partial charge in [-0.3, -0.25) is 4.55 Å². The van der Waals surface area contributed by atoms with Crippen molar-refractivity contribution in [3.8, 4) is 0 Å². The summed E-state index contributed by atoms with van der Waals surface area (Å²) in [5.74, 6) is 0.717. The average Bonchev–Trinajstić information content (AvgIpc) is 2.49. The van der Waals surface area contributed by atoms with Crippen molar-refractivity contribution in [3.63, 3.8) is 0 Å². The van der Waals surface area contributed by atoms with Crippen molar-refractivity contribution < 1.29 is 13.0 Å². The maximum Gasteiger partial charge on any atom is 0.264 e. The second-order valence-electron chi connectivity index (χ2n) is 7.46. The van der Waals surface area contributed by atoms with Crippen molar-refractivity contribution in [3.05, 3.63) is 0 Å². The molecule has 0 aliphatic carbocycles. The largest absolute Gasteiger partial charge is 0.317 e. The zero-order valence-electron chi connectivity index (χ0n) is 16.1. The minimum absolute atomic E-state index is 0.141. The van der Waals surface area contributed by atoms with Crippen LogP contribution in [0.25, 0.3) is 0 Å². The summed E-state index contributed by atoms with van der Waals surface area (Å²) in [5, 5.41) is 3.22. The Balaban J connectivity index is 3.05. The Bertz CT molecular complexity index is 356. The summed E-state index contributed by atoms with van der Waals surface area (Å²) in [6, 6.07) is 0. The molecule has 0 aliphatic rings. The van der Waals surface area contributed by atoms with Gasteiger partial charge in [-0.15, -0.1) is 0 Å². The van der Waals surface area contributed by atoms with Crippen LogP contribution >= 0.6 is 0 Å². The van der Waals surface area contributed by atoms with Gasteiger partial charge >= 0.3 is 0 Å². The van der Waals surface area contributed by atoms with Crippen LogP contribution in [0.15, 0.2) is 0 Å². The first-order valence-corrected chi connectivity index (χ1v) is 11.7. The Morgan fingerprint density at radius 2 is 1.12 bits per heavy atom. The first-order valence-electron chi connectivity index (χ1n) is 10.1. The van der Waals surface area contributed by atoms with E-state index in [1.807, 2.05) is 0 Å². The monoisotopic (exact) mass is 363 g/mol. The van der Waals surface area contributed by atoms with Gasteiger partial charge in [0.1, 0.15) is 0 Å². The van der Waals surface area contributed by atoms with E-state index >= 15 is 0 Å². The van der Waals surface area contributed by atoms with E-state index in [9.17, 15) is 8.42 Å². The van der Waals surface area contributed by atoms with Gasteiger partial charge in [0, 0.05) is 0 Å². The molecule has 0 atom stereocenters. The lowest BCUT2D eigenvalue weighted by Crippen LogP contribution is -2.19. The van der Waals surface area contributed by atoms with Crippen molar-refractivity contribution in [2.45, 2.75) is 97.3 Å². The quantitative estimate of drug-likeness (QED) is 0.260. The molecule has 0 aromatic carbocycles. The van der Waals surface area contributed by atoms with Gasteiger partial charge in [0.2, 0.25) is 0 Å². The predicted molar refractivity (Wildman–Crippen MR) is 104 cm³/mol. The molecule has 0 aromatic heterocycles. The van der Waals surface area contributed by atoms with Gasteiger partial charge in [0.15, 0.2) is 0 Å². The fourth-order valence-corrected chi connectivity index (χ4v) is 3.41. The van der Waals surface area contributed by atoms with E-state index in [2.05, 4.69) is 19.2 Å². The normalized spacial score (nSPS) is 12.2. The zero-order valence-corrected chi connectivity index (χ0v) is 16.9. The van der Waals surface area contributed by atoms with E-state index in [1.54, 1.807) is 0 Å². The van der Waals surface area contributed by atoms with Crippen LogP contribution in [0.2, 0.25) is 0 Å². The number of nitrogens with one attached hydrogen (secondary N) is 1. The average molecular weight is 364 g/mol. The molecule has 0 saturated carbocycles. The number of unbranched alkanes of at least 4 members (excludes halogenated alkanes) is 10. The Morgan fingerprint density at radius 1 is 0.708 bits per heavy atom. The third-order valence-electron chi connectivity index (χ3n) is 4.39. The number of hydrogen-bond donors (Lipinski definition) is 2. The van der Waals surface area contributed by atoms with Crippen LogP contribution in [-0.4, -0.2) is 31.8 Å². The standard InChI is InChI=1S/C19H41NO3S/c1-19(2)15-12-10-8-6-4-3-5-7-9-11-13-16-20-17-14-18-24(21,22)23/h19-20H,3-18H2,1-2H3,(H,21,22,23). The summed E-state index contributed by atoms with van der Waals surface area (Å²) in [6.45, 7) is 6.22. The molecule has 0 aromatic rings. The number of rotatable bonds is 18. The Morgan fingerprint density at radius 3 is 1.58 bits per heavy atom. The lowest BCUT2D eigenvalue weighted by atomic mass is 10.0. The molecule has 146 valence electrons. The molecule has 0 aliphatic heterocycles. The van der Waals surface area contributed by atoms with Gasteiger partial charge in [-0.1, -0.05) is 84.5 Å². The smallest absolute Gasteiger partial charge is 0.264 e. The molecular weight excluding hydrogens is 322 g/mol. The van der Waals surface area contributed by atoms with Crippen molar-refractivity contribution in [2.24, 2.45) is 5.92 Å². The molecule has 0 unspecified atom stereocenters. The van der Waals surface area contributed by atoms with E-state index < -0.39 is 10.1 Å². The molecule has 0 heterocycles. The molecule has 0 fully saturated rings. The van der Waals surface area contributed by atoms with Gasteiger partial charge < -0.3 is 5.32 Å². The minimum Gasteiger partial charge on any atom is -0.317 e. The molecule has 0 saturated heterocycles. The fourth-order valence-electron chi connectivity index (χ4n) is 2.90. The topological polar surface area (TPSA) is 66.4 Å². The predicted octanol–water partition coefficient (Wildman–Crippen LogP) is 5.19. The lowest BCUT2D eigenvalue weighted by Gasteiger charge is -2.05. The summed E-state index contributed by atoms with van der Waals surface area (Å²) in [4.78, 5) is 0. The molecule has 0 bridgehead atoms. The summed E-state index contributed by atoms with van der Waals surface area (Å²) < 4.78 is 29.7. The van der Waals surface area contributed by atoms with Crippen molar-refractivity contribution in [1.82, 2.24) is 5.32 Å². The molecule has 0 rings (SSSR count). The molecule has 4 nitrogen and oxygen atoms in total. The van der Waals surface area contributed by atoms with Gasteiger partial charge in [0.25, 0.3) is 10.1 Å². The minimum atomic E-state index is -3.79. The van der Waals surface area contributed by atoms with Crippen molar-refractivity contribution >= 4 is 10.1 Å². The first kappa shape index (κ1) is 23.9. The van der Waals surface area contributed by atoms with E-state index in [0.29, 0.717) is 13.0 Å². The molecule has 2 N–H and O–H groups in total. The first-order chi connectivity index (χ1) is 11.4. The maximum atomic E-state index is 10.5. The van der Waals surface area contributed by atoms with Crippen LogP contribution in [-0.2, 0) is 10.1 Å². The van der Waals surface area contributed by atoms with Gasteiger partial charge in [0.05, 0.1) is 5.75 Å². The molecule has 5 heteroatoms. The summed E-state index contributed by atoms with van der Waals surface area (Å²) in [6.07, 6.45) is 16.7. The van der Waals surface area contributed by atoms with E-state index in [0.717, 1.165) is 18.9 Å². The van der Waals surface area contributed by atoms with Crippen LogP contribution in [0.1, 0.15) is 97.3 Å². The van der Waals surface area contributed by atoms with Gasteiger partial charge in [-0.25, -0.2) is 0 Å². The SMILES string of the molecule is CC(C)CCCCCCCCCCCCCNCCCS(=O)(=O)O. The third kappa shape index (κ3) is 21.9. The van der Waals surface area contributed by atoms with E-state index in [4.69, 9.17) is 4.55 Å². The second-order valence-corrected chi connectivity index (χ2v) is 9.03. The molecule has 0 spiro atoms. The molecule has 0 amide bonds. The highest BCUT2D eigenvalue weighted by molar-refractivity contribution is 7.85. The van der Waals surface area contributed by atoms with Crippen LogP contribution < -0.4 is 5.32 Å². The van der Waals surface area contributed by atoms with Crippen molar-refractivity contribution in [2.75, 3.05) is 18.8 Å². The molecule has 24 heavy (non-hydrogen) atoms. The summed E-state index contributed by atoms with van der Waals surface area (Å²) >= 11 is 0. The van der Waals surface area contributed by atoms with Crippen LogP contribution in [0.5, 0.6) is 0 Å². The zero-order chi connectivity index (χ0) is 18.1. The van der Waals surface area contributed by atoms with Gasteiger partial charge in [-0.05, 0) is 31.8 Å². The highest BCUT2D eigenvalue weighted by Crippen LogP contribution is 2.13. The van der Waals surface area contributed by atoms with E-state index in [-0.39, 0.29) is 5.75 Å². The summed E-state index contributed by atoms with van der Waals surface area (Å²) in [7, 11) is -3.79. The number of hydrogen-bond acceptors (Lipinski definition) is 3. The van der Waals surface area contributed by atoms with Crippen LogP contribution in [0.4, 0.5) is 0 Å². The highest BCUT2D eigenvalue weighted by Gasteiger charge is 2.02. The third-order valence-corrected chi connectivity index (χ3v) is 5.20. The Labute approximate surface area is 150 Å². The lowest BCUT2D eigenvalue weighted by molar-refractivity contribution is 0.479. The highest BCUT2D eigenvalue weighted by atomic mass is 32.2.